The van der Waals surface area contributed by atoms with E-state index in [-0.39, 0.29) is 18.1 Å². The number of carbonyl (C=O) groups is 1. The number of hydrogen-bond donors (Lipinski definition) is 2. The summed E-state index contributed by atoms with van der Waals surface area (Å²) in [5, 5.41) is 9.30. The van der Waals surface area contributed by atoms with Crippen LogP contribution >= 0.6 is 0 Å². The molecule has 0 radical (unpaired) electrons. The van der Waals surface area contributed by atoms with E-state index in [1.807, 2.05) is 58.0 Å². The number of nitrogen functional groups attached to an aromatic ring is 1. The smallest absolute Gasteiger partial charge is 0.338 e. The van der Waals surface area contributed by atoms with E-state index in [4.69, 9.17) is 20.3 Å². The molecule has 160 valence electrons. The zero-order valence-electron chi connectivity index (χ0n) is 18.4. The van der Waals surface area contributed by atoms with Crippen LogP contribution in [-0.2, 0) is 6.42 Å². The Kier molecular flexibility index (Phi) is 6.20. The molecule has 0 aromatic heterocycles. The Morgan fingerprint density at radius 2 is 1.87 bits per heavy atom. The minimum absolute atomic E-state index is 0.00735. The van der Waals surface area contributed by atoms with Crippen LogP contribution in [0, 0.1) is 6.92 Å². The van der Waals surface area contributed by atoms with Crippen molar-refractivity contribution >= 4 is 17.4 Å². The second-order valence-electron chi connectivity index (χ2n) is 7.89. The lowest BCUT2D eigenvalue weighted by molar-refractivity contribution is 0.180. The van der Waals surface area contributed by atoms with Gasteiger partial charge >= 0.3 is 6.03 Å². The van der Waals surface area contributed by atoms with Gasteiger partial charge in [-0.3, -0.25) is 0 Å². The molecule has 0 fully saturated rings. The standard InChI is InChI=1S/C23H30N4O3/c1-13(2)25-23(28)27-15(4)10-17-11-20(29-5)21(30-6)12-18(17)22(26-27)16-7-8-19(24)14(3)9-16/h7-9,11-13,15H,10,24H2,1-6H3,(H,25,28)/t15-/m1/s1. The van der Waals surface area contributed by atoms with Crippen LogP contribution in [0.25, 0.3) is 0 Å². The average molecular weight is 411 g/mol. The summed E-state index contributed by atoms with van der Waals surface area (Å²) in [6, 6.07) is 9.30. The number of ether oxygens (including phenoxy) is 2. The summed E-state index contributed by atoms with van der Waals surface area (Å²) < 4.78 is 11.0. The zero-order chi connectivity index (χ0) is 22.0. The van der Waals surface area contributed by atoms with E-state index in [9.17, 15) is 4.79 Å². The van der Waals surface area contributed by atoms with Gasteiger partial charge in [0.1, 0.15) is 0 Å². The molecule has 0 unspecified atom stereocenters. The van der Waals surface area contributed by atoms with E-state index in [1.165, 1.54) is 5.01 Å². The van der Waals surface area contributed by atoms with Gasteiger partial charge in [0.15, 0.2) is 11.5 Å². The van der Waals surface area contributed by atoms with Crippen molar-refractivity contribution in [2.45, 2.75) is 46.2 Å². The fraction of sp³-hybridized carbons (Fsp3) is 0.391. The van der Waals surface area contributed by atoms with Crippen LogP contribution in [0.4, 0.5) is 10.5 Å². The van der Waals surface area contributed by atoms with Gasteiger partial charge in [0, 0.05) is 22.9 Å². The van der Waals surface area contributed by atoms with Crippen molar-refractivity contribution < 1.29 is 14.3 Å². The number of hydrazone groups is 1. The summed E-state index contributed by atoms with van der Waals surface area (Å²) in [6.45, 7) is 7.80. The maximum absolute atomic E-state index is 12.9. The van der Waals surface area contributed by atoms with Crippen LogP contribution in [0.3, 0.4) is 0 Å². The number of hydrogen-bond acceptors (Lipinski definition) is 5. The maximum Gasteiger partial charge on any atom is 0.338 e. The lowest BCUT2D eigenvalue weighted by Gasteiger charge is -2.24. The van der Waals surface area contributed by atoms with Crippen LogP contribution in [0.1, 0.15) is 43.0 Å². The van der Waals surface area contributed by atoms with Crippen LogP contribution in [0.2, 0.25) is 0 Å². The van der Waals surface area contributed by atoms with Gasteiger partial charge in [-0.05, 0) is 69.5 Å². The molecule has 3 N–H and O–H groups in total. The molecule has 7 heteroatoms. The van der Waals surface area contributed by atoms with Crippen molar-refractivity contribution in [3.8, 4) is 11.5 Å². The topological polar surface area (TPSA) is 89.2 Å². The van der Waals surface area contributed by atoms with Crippen LogP contribution < -0.4 is 20.5 Å². The van der Waals surface area contributed by atoms with Crippen molar-refractivity contribution in [2.75, 3.05) is 20.0 Å². The summed E-state index contributed by atoms with van der Waals surface area (Å²) in [6.07, 6.45) is 0.627. The quantitative estimate of drug-likeness (QED) is 0.752. The van der Waals surface area contributed by atoms with Crippen LogP contribution in [-0.4, -0.2) is 43.1 Å². The first kappa shape index (κ1) is 21.5. The van der Waals surface area contributed by atoms with Crippen LogP contribution in [0.5, 0.6) is 11.5 Å². The fourth-order valence-corrected chi connectivity index (χ4v) is 3.57. The highest BCUT2D eigenvalue weighted by Gasteiger charge is 2.29. The minimum Gasteiger partial charge on any atom is -0.493 e. The van der Waals surface area contributed by atoms with E-state index < -0.39 is 0 Å². The van der Waals surface area contributed by atoms with Crippen LogP contribution in [0.15, 0.2) is 35.4 Å². The Hall–Kier alpha value is -3.22. The number of benzene rings is 2. The Balaban J connectivity index is 2.23. The summed E-state index contributed by atoms with van der Waals surface area (Å²) in [7, 11) is 3.22. The van der Waals surface area contributed by atoms with Gasteiger partial charge in [-0.15, -0.1) is 0 Å². The predicted octanol–water partition coefficient (Wildman–Crippen LogP) is 3.71. The number of rotatable bonds is 4. The first-order valence-corrected chi connectivity index (χ1v) is 10.0. The van der Waals surface area contributed by atoms with Gasteiger partial charge in [-0.2, -0.15) is 5.10 Å². The lowest BCUT2D eigenvalue weighted by Crippen LogP contribution is -2.44. The summed E-state index contributed by atoms with van der Waals surface area (Å²) in [5.74, 6) is 1.26. The Bertz CT molecular complexity index is 985. The Morgan fingerprint density at radius 3 is 2.47 bits per heavy atom. The minimum atomic E-state index is -0.228. The number of carbonyl (C=O) groups excluding carboxylic acids is 1. The molecule has 1 heterocycles. The molecular formula is C23H30N4O3. The number of methoxy groups -OCH3 is 2. The Morgan fingerprint density at radius 1 is 1.20 bits per heavy atom. The average Bonchev–Trinajstić information content (AvgIpc) is 2.84. The third-order valence-electron chi connectivity index (χ3n) is 5.17. The molecule has 2 aromatic rings. The predicted molar refractivity (Wildman–Crippen MR) is 119 cm³/mol. The number of anilines is 1. The first-order chi connectivity index (χ1) is 14.2. The van der Waals surface area contributed by atoms with E-state index in [0.29, 0.717) is 29.3 Å². The molecule has 0 saturated heterocycles. The number of urea groups is 1. The summed E-state index contributed by atoms with van der Waals surface area (Å²) >= 11 is 0. The highest BCUT2D eigenvalue weighted by molar-refractivity contribution is 6.14. The van der Waals surface area contributed by atoms with E-state index in [0.717, 1.165) is 22.3 Å². The van der Waals surface area contributed by atoms with Crippen molar-refractivity contribution in [1.29, 1.82) is 0 Å². The molecule has 0 bridgehead atoms. The number of fused-ring (bicyclic) bond motifs is 1. The SMILES string of the molecule is COc1cc2c(cc1OC)C(c1ccc(N)c(C)c1)=NN(C(=O)NC(C)C)[C@H](C)C2. The number of nitrogens with one attached hydrogen (secondary N) is 1. The van der Waals surface area contributed by atoms with Crippen molar-refractivity contribution in [1.82, 2.24) is 10.3 Å². The molecule has 0 saturated carbocycles. The van der Waals surface area contributed by atoms with E-state index in [2.05, 4.69) is 5.32 Å². The molecule has 1 aliphatic heterocycles. The molecule has 0 aliphatic carbocycles. The number of nitrogens with two attached hydrogens (primary N) is 1. The first-order valence-electron chi connectivity index (χ1n) is 10.0. The highest BCUT2D eigenvalue weighted by atomic mass is 16.5. The third-order valence-corrected chi connectivity index (χ3v) is 5.17. The van der Waals surface area contributed by atoms with Gasteiger partial charge < -0.3 is 20.5 Å². The molecule has 2 amide bonds. The molecule has 30 heavy (non-hydrogen) atoms. The van der Waals surface area contributed by atoms with E-state index >= 15 is 0 Å². The van der Waals surface area contributed by atoms with Crippen molar-refractivity contribution in [2.24, 2.45) is 5.10 Å². The second kappa shape index (κ2) is 8.65. The maximum atomic E-state index is 12.9. The van der Waals surface area contributed by atoms with Gasteiger partial charge in [-0.25, -0.2) is 9.80 Å². The van der Waals surface area contributed by atoms with E-state index in [1.54, 1.807) is 14.2 Å². The van der Waals surface area contributed by atoms with Gasteiger partial charge in [-0.1, -0.05) is 6.07 Å². The number of aryl methyl sites for hydroxylation is 1. The largest absolute Gasteiger partial charge is 0.493 e. The molecule has 0 spiro atoms. The molecule has 2 aromatic carbocycles. The molecule has 3 rings (SSSR count). The normalized spacial score (nSPS) is 15.9. The monoisotopic (exact) mass is 410 g/mol. The molecule has 7 nitrogen and oxygen atoms in total. The lowest BCUT2D eigenvalue weighted by atomic mass is 9.93. The summed E-state index contributed by atoms with van der Waals surface area (Å²) in [5.41, 5.74) is 11.2. The van der Waals surface area contributed by atoms with Gasteiger partial charge in [0.05, 0.1) is 26.0 Å². The van der Waals surface area contributed by atoms with Crippen molar-refractivity contribution in [3.05, 3.63) is 52.6 Å². The molecule has 1 aliphatic rings. The van der Waals surface area contributed by atoms with Crippen molar-refractivity contribution in [3.63, 3.8) is 0 Å². The molecular weight excluding hydrogens is 380 g/mol. The second-order valence-corrected chi connectivity index (χ2v) is 7.89. The van der Waals surface area contributed by atoms with Gasteiger partial charge in [0.25, 0.3) is 0 Å². The fourth-order valence-electron chi connectivity index (χ4n) is 3.57. The third kappa shape index (κ3) is 4.20. The Labute approximate surface area is 177 Å². The highest BCUT2D eigenvalue weighted by Crippen LogP contribution is 2.35. The van der Waals surface area contributed by atoms with Gasteiger partial charge in [0.2, 0.25) is 0 Å². The summed E-state index contributed by atoms with van der Waals surface area (Å²) in [4.78, 5) is 12.9. The molecule has 1 atom stereocenters. The number of amides is 2. The number of nitrogens with zero attached hydrogens (tertiary/aromatic N) is 2. The zero-order valence-corrected chi connectivity index (χ0v) is 18.4.